The number of methoxy groups -OCH3 is 1. The summed E-state index contributed by atoms with van der Waals surface area (Å²) in [6.07, 6.45) is 1.83. The molecule has 180 valence electrons. The van der Waals surface area contributed by atoms with Gasteiger partial charge in [-0.1, -0.05) is 13.8 Å². The quantitative estimate of drug-likeness (QED) is 0.417. The normalized spacial score (nSPS) is 21.4. The van der Waals surface area contributed by atoms with E-state index >= 15 is 0 Å². The average molecular weight is 454 g/mol. The van der Waals surface area contributed by atoms with Gasteiger partial charge in [0.15, 0.2) is 0 Å². The summed E-state index contributed by atoms with van der Waals surface area (Å²) in [6, 6.07) is 3.33. The first kappa shape index (κ1) is 24.7. The zero-order valence-electron chi connectivity index (χ0n) is 19.3. The van der Waals surface area contributed by atoms with Gasteiger partial charge in [-0.2, -0.15) is 0 Å². The van der Waals surface area contributed by atoms with Crippen LogP contribution in [0.5, 0.6) is 5.88 Å². The molecule has 1 saturated heterocycles. The van der Waals surface area contributed by atoms with Crippen molar-refractivity contribution >= 4 is 11.6 Å². The van der Waals surface area contributed by atoms with Gasteiger partial charge in [0.05, 0.1) is 32.0 Å². The van der Waals surface area contributed by atoms with Crippen LogP contribution in [-0.2, 0) is 9.47 Å². The van der Waals surface area contributed by atoms with Crippen LogP contribution in [0.2, 0.25) is 0 Å². The number of aromatic nitrogens is 1. The van der Waals surface area contributed by atoms with Crippen LogP contribution in [0.15, 0.2) is 12.1 Å². The number of aliphatic hydroxyl groups excluding tert-OH is 1. The highest BCUT2D eigenvalue weighted by Gasteiger charge is 2.37. The Balaban J connectivity index is 1.68. The zero-order chi connectivity index (χ0) is 23.1. The van der Waals surface area contributed by atoms with Crippen LogP contribution in [0.3, 0.4) is 0 Å². The van der Waals surface area contributed by atoms with Crippen LogP contribution in [0.1, 0.15) is 37.2 Å². The number of alkyl halides is 1. The number of hydrogen-bond acceptors (Lipinski definition) is 7. The predicted molar refractivity (Wildman–Crippen MR) is 119 cm³/mol. The summed E-state index contributed by atoms with van der Waals surface area (Å²) >= 11 is 0. The number of halogens is 1. The third-order valence-corrected chi connectivity index (χ3v) is 5.96. The third-order valence-electron chi connectivity index (χ3n) is 5.96. The van der Waals surface area contributed by atoms with E-state index in [0.29, 0.717) is 24.3 Å². The molecule has 1 amide bonds. The summed E-state index contributed by atoms with van der Waals surface area (Å²) < 4.78 is 29.1. The van der Waals surface area contributed by atoms with Crippen molar-refractivity contribution in [2.24, 2.45) is 17.8 Å². The number of amides is 1. The van der Waals surface area contributed by atoms with E-state index in [9.17, 15) is 14.3 Å². The number of carbonyl (C=O) groups excluding carboxylic acids is 1. The molecule has 2 heterocycles. The number of nitrogens with zero attached hydrogens (tertiary/aromatic N) is 2. The van der Waals surface area contributed by atoms with Crippen molar-refractivity contribution in [3.63, 3.8) is 0 Å². The Labute approximate surface area is 189 Å². The maximum Gasteiger partial charge on any atom is 0.270 e. The molecule has 1 aliphatic heterocycles. The Morgan fingerprint density at radius 2 is 2.12 bits per heavy atom. The lowest BCUT2D eigenvalue weighted by Gasteiger charge is -2.40. The topological polar surface area (TPSA) is 93.2 Å². The van der Waals surface area contributed by atoms with Crippen LogP contribution in [0.25, 0.3) is 0 Å². The summed E-state index contributed by atoms with van der Waals surface area (Å²) in [5.41, 5.74) is 1.10. The van der Waals surface area contributed by atoms with Gasteiger partial charge in [-0.3, -0.25) is 4.79 Å². The van der Waals surface area contributed by atoms with Gasteiger partial charge in [-0.15, -0.1) is 0 Å². The van der Waals surface area contributed by atoms with E-state index in [4.69, 9.17) is 14.2 Å². The summed E-state index contributed by atoms with van der Waals surface area (Å²) in [7, 11) is 1.69. The molecule has 2 fully saturated rings. The summed E-state index contributed by atoms with van der Waals surface area (Å²) in [5.74, 6) is 1.06. The fourth-order valence-corrected chi connectivity index (χ4v) is 3.89. The second-order valence-electron chi connectivity index (χ2n) is 9.10. The molecule has 3 rings (SSSR count). The van der Waals surface area contributed by atoms with Crippen LogP contribution in [-0.4, -0.2) is 81.4 Å². The van der Waals surface area contributed by atoms with Crippen LogP contribution < -0.4 is 15.0 Å². The molecule has 1 aliphatic carbocycles. The molecular weight excluding hydrogens is 417 g/mol. The maximum atomic E-state index is 12.9. The molecule has 3 atom stereocenters. The predicted octanol–water partition coefficient (Wildman–Crippen LogP) is 2.05. The summed E-state index contributed by atoms with van der Waals surface area (Å²) in [4.78, 5) is 19.5. The van der Waals surface area contributed by atoms with Crippen molar-refractivity contribution in [3.05, 3.63) is 17.8 Å². The minimum Gasteiger partial charge on any atom is -0.476 e. The number of nitrogens with one attached hydrogen (secondary N) is 1. The molecule has 0 radical (unpaired) electrons. The minimum absolute atomic E-state index is 0.0176. The maximum absolute atomic E-state index is 12.9. The van der Waals surface area contributed by atoms with Crippen LogP contribution >= 0.6 is 0 Å². The van der Waals surface area contributed by atoms with E-state index in [0.717, 1.165) is 31.6 Å². The van der Waals surface area contributed by atoms with Crippen LogP contribution in [0.4, 0.5) is 10.1 Å². The van der Waals surface area contributed by atoms with Crippen LogP contribution in [0, 0.1) is 17.8 Å². The highest BCUT2D eigenvalue weighted by atomic mass is 19.1. The number of aliphatic hydroxyl groups is 1. The Morgan fingerprint density at radius 1 is 1.34 bits per heavy atom. The zero-order valence-corrected chi connectivity index (χ0v) is 19.3. The van der Waals surface area contributed by atoms with E-state index in [2.05, 4.69) is 29.0 Å². The molecule has 1 aromatic rings. The molecule has 0 aromatic carbocycles. The molecule has 0 unspecified atom stereocenters. The first-order valence-electron chi connectivity index (χ1n) is 11.4. The van der Waals surface area contributed by atoms with Gasteiger partial charge in [-0.25, -0.2) is 9.37 Å². The number of carbonyl (C=O) groups is 1. The van der Waals surface area contributed by atoms with E-state index < -0.39 is 6.67 Å². The molecular formula is C23H36FN3O5. The molecule has 1 aromatic heterocycles. The second-order valence-corrected chi connectivity index (χ2v) is 9.10. The van der Waals surface area contributed by atoms with Crippen molar-refractivity contribution in [3.8, 4) is 5.88 Å². The number of rotatable bonds is 14. The van der Waals surface area contributed by atoms with Gasteiger partial charge >= 0.3 is 0 Å². The van der Waals surface area contributed by atoms with Gasteiger partial charge < -0.3 is 29.5 Å². The Morgan fingerprint density at radius 3 is 2.75 bits per heavy atom. The Hall–Kier alpha value is -1.97. The fourth-order valence-electron chi connectivity index (χ4n) is 3.89. The molecule has 2 N–H and O–H groups in total. The number of pyridine rings is 1. The van der Waals surface area contributed by atoms with Gasteiger partial charge in [0.1, 0.15) is 18.1 Å². The smallest absolute Gasteiger partial charge is 0.270 e. The monoisotopic (exact) mass is 453 g/mol. The number of anilines is 1. The average Bonchev–Trinajstić information content (AvgIpc) is 3.50. The van der Waals surface area contributed by atoms with Gasteiger partial charge in [0, 0.05) is 26.8 Å². The number of ether oxygens (including phenoxy) is 3. The van der Waals surface area contributed by atoms with Gasteiger partial charge in [-0.05, 0) is 42.7 Å². The Bertz CT molecular complexity index is 744. The molecule has 0 bridgehead atoms. The lowest BCUT2D eigenvalue weighted by Crippen LogP contribution is -2.52. The largest absolute Gasteiger partial charge is 0.476 e. The second kappa shape index (κ2) is 11.8. The standard InChI is InChI=1S/C23H36FN3O5/c1-15(2)8-18(14-31-7-6-24)25-22(29)20-4-5-21(27-10-19(11-27)30-3)23(26-20)32-13-17-9-16(17)12-28/h4-5,15-19,28H,6-14H2,1-3H3,(H,25,29)/t16-,17+,18+/m1/s1. The molecule has 8 nitrogen and oxygen atoms in total. The first-order chi connectivity index (χ1) is 15.4. The molecule has 32 heavy (non-hydrogen) atoms. The summed E-state index contributed by atoms with van der Waals surface area (Å²) in [5, 5.41) is 12.2. The van der Waals surface area contributed by atoms with Crippen molar-refractivity contribution < 1.29 is 28.5 Å². The lowest BCUT2D eigenvalue weighted by atomic mass is 10.0. The van der Waals surface area contributed by atoms with E-state index in [1.54, 1.807) is 13.2 Å². The van der Waals surface area contributed by atoms with Gasteiger partial charge in [0.25, 0.3) is 5.91 Å². The number of hydrogen-bond donors (Lipinski definition) is 2. The van der Waals surface area contributed by atoms with Crippen molar-refractivity contribution in [2.75, 3.05) is 58.2 Å². The highest BCUT2D eigenvalue weighted by molar-refractivity contribution is 5.93. The Kier molecular flexibility index (Phi) is 9.07. The molecule has 2 aliphatic rings. The molecule has 9 heteroatoms. The van der Waals surface area contributed by atoms with Crippen molar-refractivity contribution in [1.82, 2.24) is 10.3 Å². The molecule has 1 saturated carbocycles. The van der Waals surface area contributed by atoms with Crippen molar-refractivity contribution in [2.45, 2.75) is 38.8 Å². The fraction of sp³-hybridized carbons (Fsp3) is 0.739. The first-order valence-corrected chi connectivity index (χ1v) is 11.4. The minimum atomic E-state index is -0.551. The van der Waals surface area contributed by atoms with E-state index in [1.807, 2.05) is 6.07 Å². The highest BCUT2D eigenvalue weighted by Crippen LogP contribution is 2.39. The molecule has 0 spiro atoms. The van der Waals surface area contributed by atoms with E-state index in [-0.39, 0.29) is 49.5 Å². The van der Waals surface area contributed by atoms with Crippen molar-refractivity contribution in [1.29, 1.82) is 0 Å². The summed E-state index contributed by atoms with van der Waals surface area (Å²) in [6.45, 7) is 5.96. The van der Waals surface area contributed by atoms with E-state index in [1.165, 1.54) is 0 Å². The lowest BCUT2D eigenvalue weighted by molar-refractivity contribution is 0.0766. The SMILES string of the molecule is COC1CN(c2ccc(C(=O)N[C@H](COCCF)CC(C)C)nc2OC[C@@H]2C[C@@H]2CO)C1. The third kappa shape index (κ3) is 6.76. The van der Waals surface area contributed by atoms with Gasteiger partial charge in [0.2, 0.25) is 5.88 Å².